The van der Waals surface area contributed by atoms with Crippen LogP contribution in [0.3, 0.4) is 0 Å². The topological polar surface area (TPSA) is 36.9 Å². The van der Waals surface area contributed by atoms with E-state index in [9.17, 15) is 0 Å². The van der Waals surface area contributed by atoms with Crippen LogP contribution in [0.25, 0.3) is 0 Å². The predicted molar refractivity (Wildman–Crippen MR) is 81.2 cm³/mol. The highest BCUT2D eigenvalue weighted by molar-refractivity contribution is 4.62. The molecule has 0 saturated heterocycles. The van der Waals surface area contributed by atoms with Crippen LogP contribution in [0.2, 0.25) is 0 Å². The molecule has 0 aromatic rings. The van der Waals surface area contributed by atoms with Crippen molar-refractivity contribution in [3.05, 3.63) is 0 Å². The molecule has 0 aliphatic rings. The van der Waals surface area contributed by atoms with Gasteiger partial charge in [0.15, 0.2) is 0 Å². The van der Waals surface area contributed by atoms with Crippen molar-refractivity contribution in [3.8, 4) is 0 Å². The van der Waals surface area contributed by atoms with Crippen LogP contribution < -0.4 is 0 Å². The molecule has 0 spiro atoms. The van der Waals surface area contributed by atoms with Gasteiger partial charge in [-0.15, -0.1) is 0 Å². The fourth-order valence-corrected chi connectivity index (χ4v) is 1.42. The molecule has 0 aromatic heterocycles. The Labute approximate surface area is 125 Å². The number of hydrogen-bond donors (Lipinski definition) is 0. The second kappa shape index (κ2) is 8.98. The summed E-state index contributed by atoms with van der Waals surface area (Å²) < 4.78 is 0. The third kappa shape index (κ3) is 12.9. The first kappa shape index (κ1) is 19.8. The first-order valence-corrected chi connectivity index (χ1v) is 7.66. The number of rotatable bonds is 9. The summed E-state index contributed by atoms with van der Waals surface area (Å²) in [5.41, 5.74) is -0.513. The Balaban J connectivity index is 3.77. The zero-order valence-electron chi connectivity index (χ0n) is 14.6. The van der Waals surface area contributed by atoms with E-state index in [-0.39, 0.29) is 17.3 Å². The molecule has 0 bridgehead atoms. The summed E-state index contributed by atoms with van der Waals surface area (Å²) in [7, 11) is 0. The molecule has 0 rings (SSSR count). The number of unbranched alkanes of at least 4 members (excludes halogenated alkanes) is 1. The van der Waals surface area contributed by atoms with Gasteiger partial charge in [-0.1, -0.05) is 13.8 Å². The molecule has 0 amide bonds. The molecule has 0 aliphatic carbocycles. The lowest BCUT2D eigenvalue weighted by Crippen LogP contribution is -2.27. The van der Waals surface area contributed by atoms with Gasteiger partial charge in [0.25, 0.3) is 0 Å². The molecule has 0 saturated carbocycles. The van der Waals surface area contributed by atoms with Gasteiger partial charge in [-0.3, -0.25) is 0 Å². The minimum Gasteiger partial charge on any atom is -0.236 e. The van der Waals surface area contributed by atoms with E-state index in [1.54, 1.807) is 0 Å². The van der Waals surface area contributed by atoms with E-state index >= 15 is 0 Å². The lowest BCUT2D eigenvalue weighted by molar-refractivity contribution is -0.380. The van der Waals surface area contributed by atoms with Gasteiger partial charge < -0.3 is 0 Å². The molecule has 1 unspecified atom stereocenters. The van der Waals surface area contributed by atoms with E-state index in [1.807, 2.05) is 41.5 Å². The Morgan fingerprint density at radius 3 is 1.80 bits per heavy atom. The minimum absolute atomic E-state index is 0.123. The Morgan fingerprint density at radius 2 is 1.35 bits per heavy atom. The predicted octanol–water partition coefficient (Wildman–Crippen LogP) is 4.67. The molecule has 0 aliphatic heterocycles. The molecule has 0 N–H and O–H groups in total. The van der Waals surface area contributed by atoms with E-state index in [2.05, 4.69) is 13.8 Å². The van der Waals surface area contributed by atoms with Crippen molar-refractivity contribution in [1.29, 1.82) is 0 Å². The lowest BCUT2D eigenvalue weighted by atomic mass is 10.0. The summed E-state index contributed by atoms with van der Waals surface area (Å²) in [5, 5.41) is 0. The fourth-order valence-electron chi connectivity index (χ4n) is 1.42. The first-order chi connectivity index (χ1) is 9.01. The molecule has 20 heavy (non-hydrogen) atoms. The van der Waals surface area contributed by atoms with Gasteiger partial charge in [0.2, 0.25) is 0 Å². The Kier molecular flexibility index (Phi) is 8.91. The van der Waals surface area contributed by atoms with E-state index in [1.165, 1.54) is 0 Å². The Morgan fingerprint density at radius 1 is 0.800 bits per heavy atom. The first-order valence-electron chi connectivity index (χ1n) is 7.66. The average molecular weight is 290 g/mol. The van der Waals surface area contributed by atoms with E-state index < -0.39 is 0 Å². The normalized spacial score (nSPS) is 14.8. The lowest BCUT2D eigenvalue weighted by Gasteiger charge is -2.25. The molecule has 0 aromatic carbocycles. The molecular formula is C16H34O4. The summed E-state index contributed by atoms with van der Waals surface area (Å²) in [6.45, 7) is 16.8. The maximum atomic E-state index is 5.56. The van der Waals surface area contributed by atoms with E-state index in [0.29, 0.717) is 12.5 Å². The molecule has 1 atom stereocenters. The average Bonchev–Trinajstić information content (AvgIpc) is 2.23. The van der Waals surface area contributed by atoms with Gasteiger partial charge in [0.1, 0.15) is 0 Å². The third-order valence-corrected chi connectivity index (χ3v) is 2.44. The van der Waals surface area contributed by atoms with Crippen molar-refractivity contribution in [3.63, 3.8) is 0 Å². The second-order valence-electron chi connectivity index (χ2n) is 7.59. The molecule has 4 heteroatoms. The largest absolute Gasteiger partial charge is 0.236 e. The van der Waals surface area contributed by atoms with Crippen molar-refractivity contribution < 1.29 is 19.6 Å². The van der Waals surface area contributed by atoms with Crippen LogP contribution in [0, 0.1) is 5.92 Å². The van der Waals surface area contributed by atoms with Gasteiger partial charge in [0, 0.05) is 0 Å². The molecule has 0 radical (unpaired) electrons. The van der Waals surface area contributed by atoms with Crippen LogP contribution in [0.15, 0.2) is 0 Å². The summed E-state index contributed by atoms with van der Waals surface area (Å²) >= 11 is 0. The zero-order valence-corrected chi connectivity index (χ0v) is 14.6. The summed E-state index contributed by atoms with van der Waals surface area (Å²) in [6, 6.07) is 0. The maximum Gasteiger partial charge on any atom is 0.0953 e. The number of hydrogen-bond acceptors (Lipinski definition) is 4. The van der Waals surface area contributed by atoms with Crippen molar-refractivity contribution >= 4 is 0 Å². The van der Waals surface area contributed by atoms with Gasteiger partial charge >= 0.3 is 0 Å². The van der Waals surface area contributed by atoms with Crippen LogP contribution in [0.5, 0.6) is 0 Å². The highest BCUT2D eigenvalue weighted by Gasteiger charge is 2.19. The molecule has 4 nitrogen and oxygen atoms in total. The van der Waals surface area contributed by atoms with Gasteiger partial charge in [-0.25, -0.2) is 19.6 Å². The highest BCUT2D eigenvalue weighted by atomic mass is 17.2. The third-order valence-electron chi connectivity index (χ3n) is 2.44. The summed E-state index contributed by atoms with van der Waals surface area (Å²) in [5.74, 6) is 0.434. The van der Waals surface area contributed by atoms with Crippen LogP contribution in [-0.2, 0) is 19.6 Å². The highest BCUT2D eigenvalue weighted by Crippen LogP contribution is 2.18. The van der Waals surface area contributed by atoms with Gasteiger partial charge in [0.05, 0.1) is 23.9 Å². The van der Waals surface area contributed by atoms with Crippen molar-refractivity contribution in [2.24, 2.45) is 5.92 Å². The quantitative estimate of drug-likeness (QED) is 0.351. The van der Waals surface area contributed by atoms with Crippen LogP contribution >= 0.6 is 0 Å². The Bertz CT molecular complexity index is 238. The summed E-state index contributed by atoms with van der Waals surface area (Å²) in [6.07, 6.45) is 3.08. The van der Waals surface area contributed by atoms with Crippen molar-refractivity contribution in [1.82, 2.24) is 0 Å². The van der Waals surface area contributed by atoms with Crippen LogP contribution in [-0.4, -0.2) is 23.9 Å². The maximum absolute atomic E-state index is 5.56. The molecule has 122 valence electrons. The van der Waals surface area contributed by atoms with Crippen LogP contribution in [0.4, 0.5) is 0 Å². The van der Waals surface area contributed by atoms with Gasteiger partial charge in [-0.05, 0) is 66.7 Å². The van der Waals surface area contributed by atoms with E-state index in [4.69, 9.17) is 19.6 Å². The molecule has 0 heterocycles. The van der Waals surface area contributed by atoms with E-state index in [0.717, 1.165) is 19.3 Å². The zero-order chi connectivity index (χ0) is 15.8. The standard InChI is InChI=1S/C16H34O4/c1-13(2)14(18-20-16(6,7)8)11-9-10-12-17-19-15(3,4)5/h13-14H,9-12H2,1-8H3. The monoisotopic (exact) mass is 290 g/mol. The second-order valence-corrected chi connectivity index (χ2v) is 7.59. The summed E-state index contributed by atoms with van der Waals surface area (Å²) in [4.78, 5) is 21.4. The van der Waals surface area contributed by atoms with Gasteiger partial charge in [-0.2, -0.15) is 0 Å². The van der Waals surface area contributed by atoms with Crippen molar-refractivity contribution in [2.75, 3.05) is 6.61 Å². The minimum atomic E-state index is -0.267. The van der Waals surface area contributed by atoms with Crippen molar-refractivity contribution in [2.45, 2.75) is 92.0 Å². The molecular weight excluding hydrogens is 256 g/mol. The fraction of sp³-hybridized carbons (Fsp3) is 1.00. The Hall–Kier alpha value is -0.160. The smallest absolute Gasteiger partial charge is 0.0953 e. The SMILES string of the molecule is CC(C)C(CCCCOOC(C)(C)C)OOC(C)(C)C. The van der Waals surface area contributed by atoms with Crippen LogP contribution in [0.1, 0.15) is 74.7 Å². The molecule has 0 fully saturated rings.